The van der Waals surface area contributed by atoms with Gasteiger partial charge in [0.2, 0.25) is 0 Å². The molecule has 0 amide bonds. The van der Waals surface area contributed by atoms with Gasteiger partial charge in [-0.3, -0.25) is 18.6 Å². The van der Waals surface area contributed by atoms with Crippen LogP contribution in [0.2, 0.25) is 0 Å². The number of carboxylic acids is 1. The SMILES string of the molecule is CCCCC/C=C\C/C=C\C/C=C\CCCCCCCCC(=O)OC(COCCCCCCCCCCC)COP(=O)(O)OCC(N)C(=O)O. The molecular weight excluding hydrogens is 657 g/mol. The fourth-order valence-electron chi connectivity index (χ4n) is 5.08. The van der Waals surface area contributed by atoms with Gasteiger partial charge in [-0.1, -0.05) is 140 Å². The summed E-state index contributed by atoms with van der Waals surface area (Å²) < 4.78 is 33.1. The van der Waals surface area contributed by atoms with Crippen molar-refractivity contribution < 1.29 is 42.7 Å². The first-order chi connectivity index (χ1) is 24.2. The van der Waals surface area contributed by atoms with Gasteiger partial charge in [-0.05, 0) is 51.4 Å². The largest absolute Gasteiger partial charge is 0.480 e. The zero-order valence-electron chi connectivity index (χ0n) is 31.5. The Morgan fingerprint density at radius 3 is 1.68 bits per heavy atom. The molecule has 0 rings (SSSR count). The number of carboxylic acid groups (broad SMARTS) is 1. The smallest absolute Gasteiger partial charge is 0.472 e. The second kappa shape index (κ2) is 35.6. The van der Waals surface area contributed by atoms with Crippen LogP contribution in [0.25, 0.3) is 0 Å². The maximum atomic E-state index is 12.6. The van der Waals surface area contributed by atoms with Gasteiger partial charge in [0.1, 0.15) is 12.1 Å². The maximum absolute atomic E-state index is 12.6. The first kappa shape index (κ1) is 48.2. The highest BCUT2D eigenvalue weighted by Gasteiger charge is 2.27. The van der Waals surface area contributed by atoms with Gasteiger partial charge in [0.05, 0.1) is 19.8 Å². The van der Waals surface area contributed by atoms with E-state index in [1.165, 1.54) is 64.2 Å². The minimum Gasteiger partial charge on any atom is -0.480 e. The minimum absolute atomic E-state index is 0.0126. The van der Waals surface area contributed by atoms with E-state index in [1.807, 2.05) is 0 Å². The fourth-order valence-corrected chi connectivity index (χ4v) is 5.86. The van der Waals surface area contributed by atoms with E-state index < -0.39 is 45.1 Å². The molecule has 50 heavy (non-hydrogen) atoms. The van der Waals surface area contributed by atoms with Gasteiger partial charge in [-0.2, -0.15) is 0 Å². The molecular formula is C39H72NO9P. The summed E-state index contributed by atoms with van der Waals surface area (Å²) in [5.74, 6) is -1.79. The van der Waals surface area contributed by atoms with Crippen LogP contribution in [0, 0.1) is 0 Å². The highest BCUT2D eigenvalue weighted by atomic mass is 31.2. The molecule has 0 spiro atoms. The van der Waals surface area contributed by atoms with Crippen molar-refractivity contribution in [1.29, 1.82) is 0 Å². The first-order valence-corrected chi connectivity index (χ1v) is 21.0. The van der Waals surface area contributed by atoms with Crippen LogP contribution in [0.1, 0.15) is 162 Å². The Bertz CT molecular complexity index is 941. The van der Waals surface area contributed by atoms with E-state index in [9.17, 15) is 19.0 Å². The Hall–Kier alpha value is -1.81. The maximum Gasteiger partial charge on any atom is 0.472 e. The molecule has 0 heterocycles. The summed E-state index contributed by atoms with van der Waals surface area (Å²) in [6.45, 7) is 3.81. The van der Waals surface area contributed by atoms with Gasteiger partial charge in [-0.15, -0.1) is 0 Å². The summed E-state index contributed by atoms with van der Waals surface area (Å²) >= 11 is 0. The van der Waals surface area contributed by atoms with Gasteiger partial charge >= 0.3 is 19.8 Å². The second-order valence-electron chi connectivity index (χ2n) is 13.1. The number of esters is 1. The van der Waals surface area contributed by atoms with Crippen LogP contribution in [-0.4, -0.2) is 60.5 Å². The van der Waals surface area contributed by atoms with Crippen molar-refractivity contribution in [3.8, 4) is 0 Å². The number of phosphoric acid groups is 1. The lowest BCUT2D eigenvalue weighted by molar-refractivity contribution is -0.154. The Morgan fingerprint density at radius 2 is 1.10 bits per heavy atom. The van der Waals surface area contributed by atoms with Crippen molar-refractivity contribution in [2.24, 2.45) is 5.73 Å². The van der Waals surface area contributed by atoms with Crippen LogP contribution in [0.3, 0.4) is 0 Å². The standard InChI is InChI=1S/C39H72NO9P/c1-3-5-7-9-11-13-14-15-16-17-18-19-20-21-22-23-25-27-29-31-38(41)49-36(34-47-50(44,45)48-35-37(40)39(42)43)33-46-32-30-28-26-24-12-10-8-6-4-2/h11,13,15-16,18-19,36-37H,3-10,12,14,17,20-35,40H2,1-2H3,(H,42,43)(H,44,45)/b13-11-,16-15-,19-18-. The molecule has 0 bridgehead atoms. The summed E-state index contributed by atoms with van der Waals surface area (Å²) in [4.78, 5) is 33.4. The predicted octanol–water partition coefficient (Wildman–Crippen LogP) is 10.1. The number of carbonyl (C=O) groups excluding carboxylic acids is 1. The molecule has 0 saturated heterocycles. The number of phosphoric ester groups is 1. The van der Waals surface area contributed by atoms with E-state index in [0.29, 0.717) is 13.0 Å². The van der Waals surface area contributed by atoms with Crippen LogP contribution >= 0.6 is 7.82 Å². The molecule has 0 saturated carbocycles. The molecule has 0 radical (unpaired) electrons. The predicted molar refractivity (Wildman–Crippen MR) is 203 cm³/mol. The summed E-state index contributed by atoms with van der Waals surface area (Å²) in [5.41, 5.74) is 5.33. The topological polar surface area (TPSA) is 155 Å². The normalized spacial score (nSPS) is 14.5. The van der Waals surface area contributed by atoms with Crippen LogP contribution in [0.5, 0.6) is 0 Å². The molecule has 0 fully saturated rings. The van der Waals surface area contributed by atoms with E-state index in [0.717, 1.165) is 70.6 Å². The zero-order chi connectivity index (χ0) is 37.0. The van der Waals surface area contributed by atoms with Gasteiger partial charge in [0.25, 0.3) is 0 Å². The van der Waals surface area contributed by atoms with E-state index in [4.69, 9.17) is 24.8 Å². The number of unbranched alkanes of at least 4 members (excludes halogenated alkanes) is 17. The molecule has 0 aliphatic rings. The summed E-state index contributed by atoms with van der Waals surface area (Å²) in [7, 11) is -4.61. The van der Waals surface area contributed by atoms with Crippen molar-refractivity contribution in [2.45, 2.75) is 174 Å². The molecule has 3 atom stereocenters. The summed E-state index contributed by atoms with van der Waals surface area (Å²) in [6, 6.07) is -1.47. The number of rotatable bonds is 37. The third-order valence-electron chi connectivity index (χ3n) is 8.17. The molecule has 0 aromatic rings. The zero-order valence-corrected chi connectivity index (χ0v) is 32.4. The van der Waals surface area contributed by atoms with Crippen molar-refractivity contribution >= 4 is 19.8 Å². The van der Waals surface area contributed by atoms with E-state index in [2.05, 4.69) is 54.8 Å². The summed E-state index contributed by atoms with van der Waals surface area (Å²) in [6.07, 6.45) is 37.7. The lowest BCUT2D eigenvalue weighted by Crippen LogP contribution is -2.34. The third-order valence-corrected chi connectivity index (χ3v) is 9.12. The van der Waals surface area contributed by atoms with Crippen molar-refractivity contribution in [3.05, 3.63) is 36.5 Å². The van der Waals surface area contributed by atoms with Crippen molar-refractivity contribution in [2.75, 3.05) is 26.4 Å². The number of allylic oxidation sites excluding steroid dienone is 6. The van der Waals surface area contributed by atoms with E-state index in [-0.39, 0.29) is 13.0 Å². The van der Waals surface area contributed by atoms with Crippen LogP contribution in [-0.2, 0) is 32.7 Å². The van der Waals surface area contributed by atoms with E-state index in [1.54, 1.807) is 0 Å². The molecule has 0 aromatic heterocycles. The number of carbonyl (C=O) groups is 2. The Balaban J connectivity index is 4.26. The quantitative estimate of drug-likeness (QED) is 0.0243. The summed E-state index contributed by atoms with van der Waals surface area (Å²) in [5, 5.41) is 8.86. The lowest BCUT2D eigenvalue weighted by Gasteiger charge is -2.20. The molecule has 11 heteroatoms. The highest BCUT2D eigenvalue weighted by Crippen LogP contribution is 2.43. The monoisotopic (exact) mass is 729 g/mol. The number of nitrogens with two attached hydrogens (primary N) is 1. The second-order valence-corrected chi connectivity index (χ2v) is 14.5. The van der Waals surface area contributed by atoms with Crippen molar-refractivity contribution in [3.63, 3.8) is 0 Å². The van der Waals surface area contributed by atoms with Gasteiger partial charge < -0.3 is 25.2 Å². The molecule has 292 valence electrons. The number of aliphatic carboxylic acids is 1. The molecule has 4 N–H and O–H groups in total. The van der Waals surface area contributed by atoms with Crippen LogP contribution in [0.15, 0.2) is 36.5 Å². The van der Waals surface area contributed by atoms with Gasteiger partial charge in [-0.25, -0.2) is 4.57 Å². The molecule has 10 nitrogen and oxygen atoms in total. The lowest BCUT2D eigenvalue weighted by atomic mass is 10.1. The van der Waals surface area contributed by atoms with Crippen LogP contribution in [0.4, 0.5) is 0 Å². The number of ether oxygens (including phenoxy) is 2. The van der Waals surface area contributed by atoms with Crippen molar-refractivity contribution in [1.82, 2.24) is 0 Å². The highest BCUT2D eigenvalue weighted by molar-refractivity contribution is 7.47. The van der Waals surface area contributed by atoms with Gasteiger partial charge in [0.15, 0.2) is 0 Å². The number of hydrogen-bond donors (Lipinski definition) is 3. The van der Waals surface area contributed by atoms with Gasteiger partial charge in [0, 0.05) is 13.0 Å². The molecule has 0 aliphatic carbocycles. The Labute approximate surface area is 304 Å². The first-order valence-electron chi connectivity index (χ1n) is 19.5. The minimum atomic E-state index is -4.61. The fraction of sp³-hybridized carbons (Fsp3) is 0.795. The Morgan fingerprint density at radius 1 is 0.640 bits per heavy atom. The average molecular weight is 730 g/mol. The average Bonchev–Trinajstić information content (AvgIpc) is 3.09. The number of hydrogen-bond acceptors (Lipinski definition) is 8. The molecule has 3 unspecified atom stereocenters. The van der Waals surface area contributed by atoms with E-state index >= 15 is 0 Å². The molecule has 0 aromatic carbocycles. The van der Waals surface area contributed by atoms with Crippen LogP contribution < -0.4 is 5.73 Å². The molecule has 0 aliphatic heterocycles. The third kappa shape index (κ3) is 34.6. The Kier molecular flexibility index (Phi) is 34.3.